The molecule has 0 spiro atoms. The van der Waals surface area contributed by atoms with Crippen molar-refractivity contribution in [1.82, 2.24) is 9.88 Å². The number of fused-ring (bicyclic) bond motifs is 3. The van der Waals surface area contributed by atoms with Gasteiger partial charge in [-0.25, -0.2) is 0 Å². The SMILES string of the molecule is CCn1c2ccccc2c2cc(NC(=O)CNC(=O)[C@@H](N)C(C)C)ccc21.Cl. The third kappa shape index (κ3) is 4.29. The van der Waals surface area contributed by atoms with Crippen LogP contribution in [0.4, 0.5) is 5.69 Å². The third-order valence-electron chi connectivity index (χ3n) is 4.82. The monoisotopic (exact) mass is 402 g/mol. The van der Waals surface area contributed by atoms with Crippen molar-refractivity contribution in [3.8, 4) is 0 Å². The quantitative estimate of drug-likeness (QED) is 0.591. The average molecular weight is 403 g/mol. The Bertz CT molecular complexity index is 997. The summed E-state index contributed by atoms with van der Waals surface area (Å²) >= 11 is 0. The number of hydrogen-bond donors (Lipinski definition) is 3. The van der Waals surface area contributed by atoms with Crippen LogP contribution in [0.15, 0.2) is 42.5 Å². The number of anilines is 1. The lowest BCUT2D eigenvalue weighted by Crippen LogP contribution is -2.46. The molecule has 0 bridgehead atoms. The molecule has 28 heavy (non-hydrogen) atoms. The van der Waals surface area contributed by atoms with Crippen LogP contribution in [-0.2, 0) is 16.1 Å². The standard InChI is InChI=1S/C21H26N4O2.ClH/c1-4-25-17-8-6-5-7-15(17)16-11-14(9-10-18(16)25)24-19(26)12-23-21(27)20(22)13(2)3;/h5-11,13,20H,4,12,22H2,1-3H3,(H,23,27)(H,24,26);1H/t20-;/m0./s1. The number of benzene rings is 2. The van der Waals surface area contributed by atoms with E-state index in [-0.39, 0.29) is 36.7 Å². The van der Waals surface area contributed by atoms with Gasteiger partial charge in [0, 0.05) is 34.0 Å². The predicted molar refractivity (Wildman–Crippen MR) is 117 cm³/mol. The summed E-state index contributed by atoms with van der Waals surface area (Å²) in [5.74, 6) is -0.578. The molecule has 2 aromatic carbocycles. The summed E-state index contributed by atoms with van der Waals surface area (Å²) in [7, 11) is 0. The van der Waals surface area contributed by atoms with Gasteiger partial charge in [-0.3, -0.25) is 9.59 Å². The second-order valence-electron chi connectivity index (χ2n) is 7.03. The molecule has 1 atom stereocenters. The Morgan fingerprint density at radius 1 is 1.07 bits per heavy atom. The van der Waals surface area contributed by atoms with Crippen LogP contribution in [0.1, 0.15) is 20.8 Å². The molecule has 0 unspecified atom stereocenters. The number of amides is 2. The minimum atomic E-state index is -0.616. The molecule has 0 saturated carbocycles. The van der Waals surface area contributed by atoms with Crippen molar-refractivity contribution < 1.29 is 9.59 Å². The lowest BCUT2D eigenvalue weighted by Gasteiger charge is -2.15. The molecule has 3 aromatic rings. The minimum absolute atomic E-state index is 0. The van der Waals surface area contributed by atoms with Crippen LogP contribution >= 0.6 is 12.4 Å². The fraction of sp³-hybridized carbons (Fsp3) is 0.333. The molecule has 1 heterocycles. The number of nitrogens with two attached hydrogens (primary N) is 1. The lowest BCUT2D eigenvalue weighted by molar-refractivity contribution is -0.125. The zero-order valence-electron chi connectivity index (χ0n) is 16.4. The summed E-state index contributed by atoms with van der Waals surface area (Å²) in [6, 6.07) is 13.5. The van der Waals surface area contributed by atoms with Crippen LogP contribution in [0.5, 0.6) is 0 Å². The van der Waals surface area contributed by atoms with Gasteiger partial charge in [-0.1, -0.05) is 32.0 Å². The van der Waals surface area contributed by atoms with Crippen LogP contribution in [0.3, 0.4) is 0 Å². The predicted octanol–water partition coefficient (Wildman–Crippen LogP) is 3.27. The molecular weight excluding hydrogens is 376 g/mol. The fourth-order valence-corrected chi connectivity index (χ4v) is 3.27. The smallest absolute Gasteiger partial charge is 0.243 e. The number of aryl methyl sites for hydroxylation is 1. The largest absolute Gasteiger partial charge is 0.346 e. The van der Waals surface area contributed by atoms with E-state index < -0.39 is 6.04 Å². The van der Waals surface area contributed by atoms with E-state index in [1.54, 1.807) is 0 Å². The highest BCUT2D eigenvalue weighted by atomic mass is 35.5. The van der Waals surface area contributed by atoms with E-state index >= 15 is 0 Å². The summed E-state index contributed by atoms with van der Waals surface area (Å²) in [5.41, 5.74) is 8.79. The average Bonchev–Trinajstić information content (AvgIpc) is 2.98. The molecule has 7 heteroatoms. The van der Waals surface area contributed by atoms with Crippen LogP contribution in [-0.4, -0.2) is 29.0 Å². The van der Waals surface area contributed by atoms with Crippen molar-refractivity contribution in [1.29, 1.82) is 0 Å². The molecule has 1 aromatic heterocycles. The van der Waals surface area contributed by atoms with Crippen LogP contribution < -0.4 is 16.4 Å². The molecular formula is C21H27ClN4O2. The molecule has 4 N–H and O–H groups in total. The summed E-state index contributed by atoms with van der Waals surface area (Å²) in [4.78, 5) is 24.1. The van der Waals surface area contributed by atoms with Crippen molar-refractivity contribution in [2.24, 2.45) is 11.7 Å². The summed E-state index contributed by atoms with van der Waals surface area (Å²) < 4.78 is 2.25. The number of carbonyl (C=O) groups is 2. The highest BCUT2D eigenvalue weighted by Gasteiger charge is 2.17. The first-order chi connectivity index (χ1) is 12.9. The normalized spacial score (nSPS) is 12.0. The third-order valence-corrected chi connectivity index (χ3v) is 4.82. The fourth-order valence-electron chi connectivity index (χ4n) is 3.27. The number of halogens is 1. The van der Waals surface area contributed by atoms with E-state index in [2.05, 4.69) is 34.3 Å². The number of nitrogens with zero attached hydrogens (tertiary/aromatic N) is 1. The van der Waals surface area contributed by atoms with Gasteiger partial charge in [0.1, 0.15) is 0 Å². The summed E-state index contributed by atoms with van der Waals surface area (Å²) in [6.45, 7) is 6.62. The maximum Gasteiger partial charge on any atom is 0.243 e. The maximum atomic E-state index is 12.2. The number of rotatable bonds is 6. The molecule has 0 aliphatic heterocycles. The minimum Gasteiger partial charge on any atom is -0.346 e. The Labute approximate surface area is 170 Å². The number of nitrogens with one attached hydrogen (secondary N) is 2. The van der Waals surface area contributed by atoms with E-state index in [0.29, 0.717) is 5.69 Å². The first-order valence-electron chi connectivity index (χ1n) is 9.26. The Balaban J connectivity index is 0.00000280. The van der Waals surface area contributed by atoms with E-state index in [1.807, 2.05) is 44.2 Å². The first-order valence-corrected chi connectivity index (χ1v) is 9.26. The van der Waals surface area contributed by atoms with Crippen LogP contribution in [0.25, 0.3) is 21.8 Å². The Morgan fingerprint density at radius 3 is 2.43 bits per heavy atom. The van der Waals surface area contributed by atoms with E-state index in [4.69, 9.17) is 5.73 Å². The maximum absolute atomic E-state index is 12.2. The van der Waals surface area contributed by atoms with Crippen molar-refractivity contribution in [2.45, 2.75) is 33.4 Å². The zero-order chi connectivity index (χ0) is 19.6. The van der Waals surface area contributed by atoms with Crippen molar-refractivity contribution in [3.63, 3.8) is 0 Å². The van der Waals surface area contributed by atoms with Gasteiger partial charge in [-0.05, 0) is 37.1 Å². The molecule has 0 saturated heterocycles. The van der Waals surface area contributed by atoms with Crippen molar-refractivity contribution in [2.75, 3.05) is 11.9 Å². The van der Waals surface area contributed by atoms with E-state index in [0.717, 1.165) is 22.8 Å². The number of carbonyl (C=O) groups excluding carboxylic acids is 2. The lowest BCUT2D eigenvalue weighted by atomic mass is 10.1. The van der Waals surface area contributed by atoms with E-state index in [9.17, 15) is 9.59 Å². The number of aromatic nitrogens is 1. The van der Waals surface area contributed by atoms with Crippen LogP contribution in [0.2, 0.25) is 0 Å². The molecule has 0 radical (unpaired) electrons. The number of hydrogen-bond acceptors (Lipinski definition) is 3. The topological polar surface area (TPSA) is 89.2 Å². The zero-order valence-corrected chi connectivity index (χ0v) is 17.2. The molecule has 2 amide bonds. The highest BCUT2D eigenvalue weighted by molar-refractivity contribution is 6.10. The van der Waals surface area contributed by atoms with Gasteiger partial charge in [0.05, 0.1) is 12.6 Å². The van der Waals surface area contributed by atoms with Crippen molar-refractivity contribution in [3.05, 3.63) is 42.5 Å². The van der Waals surface area contributed by atoms with Gasteiger partial charge in [0.25, 0.3) is 0 Å². The molecule has 0 aliphatic rings. The summed E-state index contributed by atoms with van der Waals surface area (Å²) in [6.07, 6.45) is 0. The van der Waals surface area contributed by atoms with Gasteiger partial charge < -0.3 is 20.9 Å². The Hall–Kier alpha value is -2.57. The van der Waals surface area contributed by atoms with Gasteiger partial charge in [-0.2, -0.15) is 0 Å². The molecule has 150 valence electrons. The number of para-hydroxylation sites is 1. The highest BCUT2D eigenvalue weighted by Crippen LogP contribution is 2.30. The Kier molecular flexibility index (Phi) is 7.05. The second kappa shape index (κ2) is 9.08. The van der Waals surface area contributed by atoms with Gasteiger partial charge in [-0.15, -0.1) is 12.4 Å². The van der Waals surface area contributed by atoms with E-state index in [1.165, 1.54) is 5.52 Å². The molecule has 3 rings (SSSR count). The molecule has 6 nitrogen and oxygen atoms in total. The molecule has 0 fully saturated rings. The summed E-state index contributed by atoms with van der Waals surface area (Å²) in [5, 5.41) is 7.68. The van der Waals surface area contributed by atoms with Crippen molar-refractivity contribution >= 4 is 51.7 Å². The molecule has 0 aliphatic carbocycles. The second-order valence-corrected chi connectivity index (χ2v) is 7.03. The van der Waals surface area contributed by atoms with Gasteiger partial charge in [0.2, 0.25) is 11.8 Å². The first kappa shape index (κ1) is 21.7. The van der Waals surface area contributed by atoms with Crippen LogP contribution in [0, 0.1) is 5.92 Å². The van der Waals surface area contributed by atoms with Gasteiger partial charge >= 0.3 is 0 Å². The van der Waals surface area contributed by atoms with Gasteiger partial charge in [0.15, 0.2) is 0 Å². The Morgan fingerprint density at radius 2 is 1.75 bits per heavy atom.